The van der Waals surface area contributed by atoms with Crippen molar-refractivity contribution in [2.75, 3.05) is 20.3 Å². The molecule has 0 saturated carbocycles. The van der Waals surface area contributed by atoms with Crippen LogP contribution in [-0.4, -0.2) is 53.9 Å². The molecular formula is C26H35N3O5. The summed E-state index contributed by atoms with van der Waals surface area (Å²) >= 11 is 0. The Labute approximate surface area is 201 Å². The van der Waals surface area contributed by atoms with Crippen molar-refractivity contribution in [3.8, 4) is 5.88 Å². The molecule has 1 unspecified atom stereocenters. The fourth-order valence-corrected chi connectivity index (χ4v) is 3.66. The normalized spacial score (nSPS) is 15.7. The molecular weight excluding hydrogens is 434 g/mol. The van der Waals surface area contributed by atoms with Crippen molar-refractivity contribution in [2.45, 2.75) is 65.1 Å². The lowest BCUT2D eigenvalue weighted by molar-refractivity contribution is -0.119. The smallest absolute Gasteiger partial charge is 0.416 e. The number of benzene rings is 1. The van der Waals surface area contributed by atoms with Crippen LogP contribution in [0.15, 0.2) is 36.5 Å². The second-order valence-corrected chi connectivity index (χ2v) is 9.23. The lowest BCUT2D eigenvalue weighted by atomic mass is 10.1. The van der Waals surface area contributed by atoms with Gasteiger partial charge in [-0.2, -0.15) is 0 Å². The van der Waals surface area contributed by atoms with Crippen LogP contribution in [-0.2, 0) is 14.3 Å². The number of nitrogens with one attached hydrogen (secondary N) is 1. The van der Waals surface area contributed by atoms with Gasteiger partial charge in [0.15, 0.2) is 0 Å². The number of carbonyl (C=O) groups is 2. The number of Topliss-reactive ketones (excluding diaryl/α,β-unsaturated/α-hetero) is 1. The predicted molar refractivity (Wildman–Crippen MR) is 131 cm³/mol. The molecule has 1 aliphatic heterocycles. The lowest BCUT2D eigenvalue weighted by Gasteiger charge is -2.27. The minimum atomic E-state index is -0.622. The van der Waals surface area contributed by atoms with E-state index in [0.29, 0.717) is 44.8 Å². The van der Waals surface area contributed by atoms with Gasteiger partial charge >= 0.3 is 6.09 Å². The Bertz CT molecular complexity index is 1040. The van der Waals surface area contributed by atoms with E-state index in [4.69, 9.17) is 14.2 Å². The molecule has 2 heterocycles. The van der Waals surface area contributed by atoms with Crippen LogP contribution in [0.3, 0.4) is 0 Å². The summed E-state index contributed by atoms with van der Waals surface area (Å²) in [6, 6.07) is 9.80. The first-order valence-corrected chi connectivity index (χ1v) is 11.7. The van der Waals surface area contributed by atoms with Crippen molar-refractivity contribution in [1.82, 2.24) is 15.2 Å². The molecule has 0 fully saturated rings. The molecule has 0 aliphatic carbocycles. The molecule has 0 bridgehead atoms. The van der Waals surface area contributed by atoms with Crippen molar-refractivity contribution in [1.29, 1.82) is 0 Å². The van der Waals surface area contributed by atoms with E-state index in [1.54, 1.807) is 18.2 Å². The van der Waals surface area contributed by atoms with Crippen LogP contribution in [0.5, 0.6) is 5.88 Å². The van der Waals surface area contributed by atoms with Crippen molar-refractivity contribution in [3.05, 3.63) is 42.1 Å². The molecule has 0 spiro atoms. The number of para-hydroxylation sites is 1. The van der Waals surface area contributed by atoms with E-state index in [1.807, 2.05) is 58.0 Å². The number of methoxy groups -OCH3 is 1. The van der Waals surface area contributed by atoms with Gasteiger partial charge in [0.1, 0.15) is 17.6 Å². The number of ether oxygens (including phenoxy) is 3. The van der Waals surface area contributed by atoms with Crippen LogP contribution < -0.4 is 10.1 Å². The monoisotopic (exact) mass is 469 g/mol. The van der Waals surface area contributed by atoms with Gasteiger partial charge in [0, 0.05) is 37.5 Å². The van der Waals surface area contributed by atoms with Crippen LogP contribution in [0.25, 0.3) is 16.6 Å². The molecule has 1 aliphatic rings. The zero-order valence-electron chi connectivity index (χ0n) is 20.7. The molecule has 0 saturated heterocycles. The maximum absolute atomic E-state index is 13.0. The molecule has 8 nitrogen and oxygen atoms in total. The minimum absolute atomic E-state index is 0.240. The summed E-state index contributed by atoms with van der Waals surface area (Å²) in [6.07, 6.45) is 3.28. The number of fused-ring (bicyclic) bond motifs is 1. The van der Waals surface area contributed by atoms with Crippen molar-refractivity contribution < 1.29 is 23.8 Å². The third-order valence-corrected chi connectivity index (χ3v) is 5.38. The Balaban J connectivity index is 1.75. The number of amides is 1. The van der Waals surface area contributed by atoms with Gasteiger partial charge < -0.3 is 19.5 Å². The molecule has 0 radical (unpaired) electrons. The van der Waals surface area contributed by atoms with Crippen molar-refractivity contribution in [2.24, 2.45) is 0 Å². The lowest BCUT2D eigenvalue weighted by Crippen LogP contribution is -2.43. The summed E-state index contributed by atoms with van der Waals surface area (Å²) in [5.74, 6) is 0.711. The van der Waals surface area contributed by atoms with Gasteiger partial charge in [-0.15, -0.1) is 0 Å². The molecule has 8 heteroatoms. The SMILES string of the molecule is CCC(=O)CCCOCCC1NC(c2cc3ccccc3nc2OC)=CN1C(=O)OC(C)(C)C. The van der Waals surface area contributed by atoms with E-state index in [-0.39, 0.29) is 11.9 Å². The summed E-state index contributed by atoms with van der Waals surface area (Å²) in [5, 5.41) is 4.38. The Hall–Kier alpha value is -3.13. The Morgan fingerprint density at radius 2 is 1.94 bits per heavy atom. The van der Waals surface area contributed by atoms with E-state index >= 15 is 0 Å². The van der Waals surface area contributed by atoms with E-state index in [0.717, 1.165) is 22.2 Å². The summed E-state index contributed by atoms with van der Waals surface area (Å²) in [6.45, 7) is 8.32. The quantitative estimate of drug-likeness (QED) is 0.496. The first-order chi connectivity index (χ1) is 16.2. The van der Waals surface area contributed by atoms with Gasteiger partial charge in [-0.25, -0.2) is 9.78 Å². The maximum Gasteiger partial charge on any atom is 0.416 e. The summed E-state index contributed by atoms with van der Waals surface area (Å²) in [4.78, 5) is 30.6. The predicted octanol–water partition coefficient (Wildman–Crippen LogP) is 4.87. The topological polar surface area (TPSA) is 90.0 Å². The highest BCUT2D eigenvalue weighted by Gasteiger charge is 2.33. The number of nitrogens with zero attached hydrogens (tertiary/aromatic N) is 2. The second-order valence-electron chi connectivity index (χ2n) is 9.23. The fourth-order valence-electron chi connectivity index (χ4n) is 3.66. The highest BCUT2D eigenvalue weighted by Crippen LogP contribution is 2.31. The maximum atomic E-state index is 13.0. The zero-order valence-corrected chi connectivity index (χ0v) is 20.7. The first-order valence-electron chi connectivity index (χ1n) is 11.7. The summed E-state index contributed by atoms with van der Waals surface area (Å²) in [7, 11) is 1.58. The van der Waals surface area contributed by atoms with Gasteiger partial charge in [0.05, 0.1) is 30.5 Å². The highest BCUT2D eigenvalue weighted by molar-refractivity contribution is 5.86. The molecule has 34 heavy (non-hydrogen) atoms. The van der Waals surface area contributed by atoms with Gasteiger partial charge in [0.2, 0.25) is 5.88 Å². The molecule has 2 aromatic rings. The van der Waals surface area contributed by atoms with Crippen LogP contribution >= 0.6 is 0 Å². The second kappa shape index (κ2) is 11.3. The zero-order chi connectivity index (χ0) is 24.7. The van der Waals surface area contributed by atoms with Crippen LogP contribution in [0.4, 0.5) is 4.79 Å². The number of hydrogen-bond donors (Lipinski definition) is 1. The number of rotatable bonds is 10. The molecule has 1 aromatic carbocycles. The van der Waals surface area contributed by atoms with E-state index < -0.39 is 11.7 Å². The number of ketones is 1. The molecule has 1 N–H and O–H groups in total. The highest BCUT2D eigenvalue weighted by atomic mass is 16.6. The number of aromatic nitrogens is 1. The minimum Gasteiger partial charge on any atom is -0.480 e. The van der Waals surface area contributed by atoms with Gasteiger partial charge in [-0.3, -0.25) is 9.69 Å². The van der Waals surface area contributed by atoms with Gasteiger partial charge in [-0.05, 0) is 39.3 Å². The van der Waals surface area contributed by atoms with E-state index in [9.17, 15) is 9.59 Å². The fraction of sp³-hybridized carbons (Fsp3) is 0.500. The Morgan fingerprint density at radius 3 is 2.65 bits per heavy atom. The average molecular weight is 470 g/mol. The summed E-state index contributed by atoms with van der Waals surface area (Å²) in [5.41, 5.74) is 1.69. The molecule has 1 aromatic heterocycles. The molecule has 184 valence electrons. The van der Waals surface area contributed by atoms with Gasteiger partial charge in [0.25, 0.3) is 0 Å². The third-order valence-electron chi connectivity index (χ3n) is 5.38. The van der Waals surface area contributed by atoms with Gasteiger partial charge in [-0.1, -0.05) is 25.1 Å². The largest absolute Gasteiger partial charge is 0.480 e. The van der Waals surface area contributed by atoms with Crippen LogP contribution in [0.1, 0.15) is 58.9 Å². The molecule has 1 atom stereocenters. The molecule has 1 amide bonds. The van der Waals surface area contributed by atoms with E-state index in [2.05, 4.69) is 10.3 Å². The van der Waals surface area contributed by atoms with Crippen molar-refractivity contribution in [3.63, 3.8) is 0 Å². The Morgan fingerprint density at radius 1 is 1.18 bits per heavy atom. The van der Waals surface area contributed by atoms with Crippen LogP contribution in [0.2, 0.25) is 0 Å². The number of pyridine rings is 1. The average Bonchev–Trinajstić information content (AvgIpc) is 3.23. The van der Waals surface area contributed by atoms with Crippen LogP contribution in [0, 0.1) is 0 Å². The van der Waals surface area contributed by atoms with E-state index in [1.165, 1.54) is 0 Å². The number of hydrogen-bond acceptors (Lipinski definition) is 7. The third kappa shape index (κ3) is 6.70. The standard InChI is InChI=1S/C26H35N3O5/c1-6-19(30)11-9-14-33-15-13-23-27-22(17-29(23)25(31)34-26(2,3)4)20-16-18-10-7-8-12-21(18)28-24(20)32-5/h7-8,10,12,16-17,23,27H,6,9,11,13-15H2,1-5H3. The Kier molecular flexibility index (Phi) is 8.50. The summed E-state index contributed by atoms with van der Waals surface area (Å²) < 4.78 is 16.9. The molecule has 3 rings (SSSR count). The first kappa shape index (κ1) is 25.5. The number of carbonyl (C=O) groups excluding carboxylic acids is 2. The van der Waals surface area contributed by atoms with Crippen molar-refractivity contribution >= 4 is 28.5 Å².